The third-order valence-corrected chi connectivity index (χ3v) is 1.96. The lowest BCUT2D eigenvalue weighted by atomic mass is 10.1. The van der Waals surface area contributed by atoms with E-state index in [9.17, 15) is 13.2 Å². The van der Waals surface area contributed by atoms with Gasteiger partial charge in [0, 0.05) is 24.0 Å². The highest BCUT2D eigenvalue weighted by molar-refractivity contribution is 5.57. The van der Waals surface area contributed by atoms with E-state index in [1.54, 1.807) is 6.07 Å². The molecule has 0 saturated heterocycles. The van der Waals surface area contributed by atoms with Gasteiger partial charge >= 0.3 is 6.36 Å². The molecule has 17 heavy (non-hydrogen) atoms. The molecule has 0 radical (unpaired) electrons. The number of ether oxygens (including phenoxy) is 1. The van der Waals surface area contributed by atoms with Crippen LogP contribution >= 0.6 is 0 Å². The van der Waals surface area contributed by atoms with Crippen LogP contribution in [0.25, 0.3) is 0 Å². The van der Waals surface area contributed by atoms with E-state index in [2.05, 4.69) is 9.72 Å². The summed E-state index contributed by atoms with van der Waals surface area (Å²) >= 11 is 0. The molecule has 0 aromatic carbocycles. The van der Waals surface area contributed by atoms with Gasteiger partial charge in [-0.3, -0.25) is 0 Å². The number of hydrogen-bond donors (Lipinski definition) is 2. The highest BCUT2D eigenvalue weighted by atomic mass is 19.4. The van der Waals surface area contributed by atoms with Crippen molar-refractivity contribution in [1.29, 1.82) is 5.26 Å². The van der Waals surface area contributed by atoms with E-state index in [-0.39, 0.29) is 24.2 Å². The standard InChI is InChI=1S/C9H9F3N4O/c10-9(11,12)17-8-6(1-2-13)7(15)5(3-14)4-16-8/h4H,1,3,14H2,(H2,15,16). The number of pyridine rings is 1. The first kappa shape index (κ1) is 13.1. The molecule has 0 saturated carbocycles. The zero-order valence-electron chi connectivity index (χ0n) is 8.58. The van der Waals surface area contributed by atoms with Gasteiger partial charge in [-0.25, -0.2) is 4.98 Å². The number of nitrogens with zero attached hydrogens (tertiary/aromatic N) is 2. The third kappa shape index (κ3) is 3.22. The van der Waals surface area contributed by atoms with Crippen molar-refractivity contribution in [2.45, 2.75) is 19.3 Å². The molecule has 0 amide bonds. The Bertz CT molecular complexity index is 453. The van der Waals surface area contributed by atoms with Gasteiger partial charge in [0.05, 0.1) is 18.1 Å². The van der Waals surface area contributed by atoms with Crippen LogP contribution in [0.1, 0.15) is 11.1 Å². The Morgan fingerprint density at radius 3 is 2.59 bits per heavy atom. The number of aromatic nitrogens is 1. The average molecular weight is 246 g/mol. The molecule has 0 aliphatic carbocycles. The molecule has 0 bridgehead atoms. The lowest BCUT2D eigenvalue weighted by Crippen LogP contribution is -2.20. The van der Waals surface area contributed by atoms with Crippen LogP contribution in [0.5, 0.6) is 5.88 Å². The van der Waals surface area contributed by atoms with Gasteiger partial charge < -0.3 is 16.2 Å². The first-order valence-electron chi connectivity index (χ1n) is 4.48. The maximum Gasteiger partial charge on any atom is 0.574 e. The molecule has 1 aromatic heterocycles. The summed E-state index contributed by atoms with van der Waals surface area (Å²) in [6.07, 6.45) is -4.12. The third-order valence-electron chi connectivity index (χ3n) is 1.96. The Labute approximate surface area is 94.8 Å². The van der Waals surface area contributed by atoms with Gasteiger partial charge in [0.1, 0.15) is 0 Å². The first-order valence-corrected chi connectivity index (χ1v) is 4.48. The highest BCUT2D eigenvalue weighted by Crippen LogP contribution is 2.29. The largest absolute Gasteiger partial charge is 0.574 e. The van der Waals surface area contributed by atoms with E-state index in [0.29, 0.717) is 5.56 Å². The molecule has 0 aliphatic rings. The molecule has 0 aliphatic heterocycles. The predicted molar refractivity (Wildman–Crippen MR) is 52.5 cm³/mol. The van der Waals surface area contributed by atoms with Crippen LogP contribution in [-0.2, 0) is 13.0 Å². The lowest BCUT2D eigenvalue weighted by Gasteiger charge is -2.14. The quantitative estimate of drug-likeness (QED) is 0.831. The Morgan fingerprint density at radius 1 is 1.47 bits per heavy atom. The summed E-state index contributed by atoms with van der Waals surface area (Å²) in [4.78, 5) is 3.46. The summed E-state index contributed by atoms with van der Waals surface area (Å²) in [5.74, 6) is -0.714. The van der Waals surface area contributed by atoms with E-state index in [0.717, 1.165) is 6.20 Å². The van der Waals surface area contributed by atoms with Gasteiger partial charge in [0.15, 0.2) is 0 Å². The van der Waals surface area contributed by atoms with E-state index in [4.69, 9.17) is 16.7 Å². The summed E-state index contributed by atoms with van der Waals surface area (Å²) in [5, 5.41) is 8.53. The van der Waals surface area contributed by atoms with Crippen LogP contribution in [0, 0.1) is 11.3 Å². The summed E-state index contributed by atoms with van der Waals surface area (Å²) in [6, 6.07) is 1.69. The number of hydrogen-bond acceptors (Lipinski definition) is 5. The van der Waals surface area contributed by atoms with Gasteiger partial charge in [-0.2, -0.15) is 5.26 Å². The summed E-state index contributed by atoms with van der Waals surface area (Å²) in [7, 11) is 0. The molecule has 5 nitrogen and oxygen atoms in total. The van der Waals surface area contributed by atoms with Crippen molar-refractivity contribution >= 4 is 5.69 Å². The number of nitrogens with two attached hydrogens (primary N) is 2. The van der Waals surface area contributed by atoms with Crippen molar-refractivity contribution in [3.63, 3.8) is 0 Å². The zero-order chi connectivity index (χ0) is 13.1. The van der Waals surface area contributed by atoms with Crippen LogP contribution in [0.15, 0.2) is 6.20 Å². The molecule has 92 valence electrons. The summed E-state index contributed by atoms with van der Waals surface area (Å²) < 4.78 is 39.9. The monoisotopic (exact) mass is 246 g/mol. The Kier molecular flexibility index (Phi) is 3.75. The Balaban J connectivity index is 3.22. The first-order chi connectivity index (χ1) is 7.89. The molecule has 4 N–H and O–H groups in total. The van der Waals surface area contributed by atoms with E-state index < -0.39 is 12.2 Å². The number of nitrogen functional groups attached to an aromatic ring is 1. The van der Waals surface area contributed by atoms with Gasteiger partial charge in [0.2, 0.25) is 5.88 Å². The van der Waals surface area contributed by atoms with Gasteiger partial charge in [-0.15, -0.1) is 13.2 Å². The minimum Gasteiger partial charge on any atom is -0.398 e. The molecule has 1 aromatic rings. The predicted octanol–water partition coefficient (Wildman–Crippen LogP) is 1.09. The van der Waals surface area contributed by atoms with Crippen LogP contribution in [-0.4, -0.2) is 11.3 Å². The second kappa shape index (κ2) is 4.88. The molecular weight excluding hydrogens is 237 g/mol. The molecule has 0 spiro atoms. The smallest absolute Gasteiger partial charge is 0.398 e. The van der Waals surface area contributed by atoms with Gasteiger partial charge in [-0.05, 0) is 0 Å². The SMILES string of the molecule is N#CCc1c(OC(F)(F)F)ncc(CN)c1N. The minimum absolute atomic E-state index is 0.00306. The second-order valence-electron chi connectivity index (χ2n) is 3.07. The van der Waals surface area contributed by atoms with Crippen LogP contribution in [0.4, 0.5) is 18.9 Å². The van der Waals surface area contributed by atoms with E-state index in [1.165, 1.54) is 0 Å². The minimum atomic E-state index is -4.88. The van der Waals surface area contributed by atoms with Gasteiger partial charge in [-0.1, -0.05) is 0 Å². The Hall–Kier alpha value is -2.01. The fourth-order valence-corrected chi connectivity index (χ4v) is 1.20. The van der Waals surface area contributed by atoms with Gasteiger partial charge in [0.25, 0.3) is 0 Å². The average Bonchev–Trinajstić information content (AvgIpc) is 2.22. The van der Waals surface area contributed by atoms with Crippen molar-refractivity contribution in [3.8, 4) is 11.9 Å². The van der Waals surface area contributed by atoms with E-state index >= 15 is 0 Å². The van der Waals surface area contributed by atoms with Crippen molar-refractivity contribution in [1.82, 2.24) is 4.98 Å². The molecule has 1 heterocycles. The highest BCUT2D eigenvalue weighted by Gasteiger charge is 2.33. The number of rotatable bonds is 3. The normalized spacial score (nSPS) is 11.0. The Morgan fingerprint density at radius 2 is 2.12 bits per heavy atom. The molecular formula is C9H9F3N4O. The maximum absolute atomic E-state index is 12.1. The maximum atomic E-state index is 12.1. The van der Waals surface area contributed by atoms with Crippen LogP contribution < -0.4 is 16.2 Å². The molecule has 0 atom stereocenters. The summed E-state index contributed by atoms with van der Waals surface area (Å²) in [6.45, 7) is 0.0174. The van der Waals surface area contributed by atoms with Crippen molar-refractivity contribution in [3.05, 3.63) is 17.3 Å². The van der Waals surface area contributed by atoms with E-state index in [1.807, 2.05) is 0 Å². The molecule has 0 unspecified atom stereocenters. The topological polar surface area (TPSA) is 97.9 Å². The second-order valence-corrected chi connectivity index (χ2v) is 3.07. The molecule has 0 fully saturated rings. The number of anilines is 1. The van der Waals surface area contributed by atoms with Crippen molar-refractivity contribution in [2.75, 3.05) is 5.73 Å². The molecule has 8 heteroatoms. The van der Waals surface area contributed by atoms with Crippen molar-refractivity contribution < 1.29 is 17.9 Å². The fraction of sp³-hybridized carbons (Fsp3) is 0.333. The van der Waals surface area contributed by atoms with Crippen LogP contribution in [0.3, 0.4) is 0 Å². The number of halogens is 3. The molecule has 1 rings (SSSR count). The zero-order valence-corrected chi connectivity index (χ0v) is 8.58. The summed E-state index contributed by atoms with van der Waals surface area (Å²) in [5.41, 5.74) is 11.2. The van der Waals surface area contributed by atoms with Crippen LogP contribution in [0.2, 0.25) is 0 Å². The number of alkyl halides is 3. The fourth-order valence-electron chi connectivity index (χ4n) is 1.20. The van der Waals surface area contributed by atoms with Crippen molar-refractivity contribution in [2.24, 2.45) is 5.73 Å². The number of nitriles is 1. The lowest BCUT2D eigenvalue weighted by molar-refractivity contribution is -0.276.